The fourth-order valence-corrected chi connectivity index (χ4v) is 14.9. The average molecular weight is 945 g/mol. The van der Waals surface area contributed by atoms with Gasteiger partial charge in [-0.15, -0.1) is 0 Å². The summed E-state index contributed by atoms with van der Waals surface area (Å²) in [6, 6.07) is 42.5. The number of imide groups is 1. The molecule has 10 heteroatoms. The Morgan fingerprint density at radius 2 is 1.48 bits per heavy atom. The molecule has 61 heavy (non-hydrogen) atoms. The van der Waals surface area contributed by atoms with Crippen LogP contribution in [0.2, 0.25) is 5.04 Å². The van der Waals surface area contributed by atoms with E-state index in [1.54, 1.807) is 7.11 Å². The maximum atomic E-state index is 14.6. The molecule has 2 fully saturated rings. The molecule has 314 valence electrons. The highest BCUT2D eigenvalue weighted by Gasteiger charge is 2.58. The highest BCUT2D eigenvalue weighted by Crippen LogP contribution is 2.51. The van der Waals surface area contributed by atoms with Crippen LogP contribution >= 0.6 is 22.6 Å². The van der Waals surface area contributed by atoms with E-state index in [9.17, 15) is 14.7 Å². The van der Waals surface area contributed by atoms with Crippen molar-refractivity contribution in [2.75, 3.05) is 30.5 Å². The van der Waals surface area contributed by atoms with Gasteiger partial charge < -0.3 is 24.3 Å². The van der Waals surface area contributed by atoms with E-state index < -0.39 is 20.2 Å². The van der Waals surface area contributed by atoms with Crippen LogP contribution in [0.4, 0.5) is 17.1 Å². The largest absolute Gasteiger partial charge is 0.504 e. The summed E-state index contributed by atoms with van der Waals surface area (Å²) in [5.74, 6) is -1.04. The second kappa shape index (κ2) is 17.8. The van der Waals surface area contributed by atoms with E-state index in [1.807, 2.05) is 78.9 Å². The molecule has 2 N–H and O–H groups in total. The molecule has 2 aliphatic heterocycles. The zero-order valence-corrected chi connectivity index (χ0v) is 38.5. The minimum absolute atomic E-state index is 0.134. The molecule has 2 heterocycles. The molecular formula is C51H53IN2O6Si. The molecule has 8 nitrogen and oxygen atoms in total. The van der Waals surface area contributed by atoms with Gasteiger partial charge >= 0.3 is 0 Å². The van der Waals surface area contributed by atoms with Crippen molar-refractivity contribution in [1.29, 1.82) is 0 Å². The number of phenols is 1. The number of carbonyl (C=O) groups is 2. The van der Waals surface area contributed by atoms with Crippen molar-refractivity contribution in [3.63, 3.8) is 0 Å². The number of methoxy groups -OCH3 is 1. The number of allylic oxidation sites excluding steroid dienone is 1. The summed E-state index contributed by atoms with van der Waals surface area (Å²) in [5, 5.41) is 15.9. The predicted octanol–water partition coefficient (Wildman–Crippen LogP) is 10.0. The Bertz CT molecular complexity index is 2410. The monoisotopic (exact) mass is 944 g/mol. The molecule has 0 aromatic heterocycles. The predicted molar refractivity (Wildman–Crippen MR) is 254 cm³/mol. The lowest BCUT2D eigenvalue weighted by Crippen LogP contribution is -2.66. The Hall–Kier alpha value is -5.01. The highest BCUT2D eigenvalue weighted by molar-refractivity contribution is 14.1. The number of benzene rings is 5. The van der Waals surface area contributed by atoms with E-state index in [4.69, 9.17) is 13.9 Å². The van der Waals surface area contributed by atoms with Crippen LogP contribution in [-0.2, 0) is 18.8 Å². The lowest BCUT2D eigenvalue weighted by Gasteiger charge is -2.44. The molecule has 0 bridgehead atoms. The molecule has 2 amide bonds. The number of carbonyl (C=O) groups excluding carboxylic acids is 2. The first-order valence-corrected chi connectivity index (χ1v) is 24.0. The first-order valence-electron chi connectivity index (χ1n) is 21.0. The maximum absolute atomic E-state index is 14.6. The van der Waals surface area contributed by atoms with Crippen LogP contribution < -0.4 is 25.3 Å². The summed E-state index contributed by atoms with van der Waals surface area (Å²) in [7, 11) is -1.39. The Balaban J connectivity index is 1.13. The minimum Gasteiger partial charge on any atom is -0.504 e. The molecule has 4 atom stereocenters. The minimum atomic E-state index is -2.94. The lowest BCUT2D eigenvalue weighted by molar-refractivity contribution is -0.122. The van der Waals surface area contributed by atoms with Gasteiger partial charge in [0, 0.05) is 17.3 Å². The maximum Gasteiger partial charge on any atom is 0.261 e. The van der Waals surface area contributed by atoms with Crippen LogP contribution in [0, 0.1) is 21.3 Å². The van der Waals surface area contributed by atoms with Gasteiger partial charge in [0.15, 0.2) is 11.5 Å². The van der Waals surface area contributed by atoms with E-state index in [2.05, 4.69) is 110 Å². The van der Waals surface area contributed by atoms with Crippen LogP contribution in [0.25, 0.3) is 6.08 Å². The highest BCUT2D eigenvalue weighted by atomic mass is 127. The topological polar surface area (TPSA) is 97.3 Å². The molecule has 0 unspecified atom stereocenters. The van der Waals surface area contributed by atoms with Crippen LogP contribution in [0.3, 0.4) is 0 Å². The number of hydrogen-bond donors (Lipinski definition) is 2. The number of anilines is 3. The Morgan fingerprint density at radius 1 is 0.869 bits per heavy atom. The molecule has 5 aromatic rings. The van der Waals surface area contributed by atoms with Crippen LogP contribution in [0.15, 0.2) is 144 Å². The van der Waals surface area contributed by atoms with Crippen molar-refractivity contribution < 1.29 is 28.6 Å². The molecule has 0 saturated carbocycles. The number of ether oxygens (including phenoxy) is 2. The second-order valence-corrected chi connectivity index (χ2v) is 22.9. The normalized spacial score (nSPS) is 20.5. The van der Waals surface area contributed by atoms with E-state index in [-0.39, 0.29) is 34.6 Å². The van der Waals surface area contributed by atoms with Crippen molar-refractivity contribution in [2.45, 2.75) is 58.1 Å². The number of aromatic hydroxyl groups is 1. The Labute approximate surface area is 373 Å². The van der Waals surface area contributed by atoms with Crippen molar-refractivity contribution >= 4 is 76.2 Å². The summed E-state index contributed by atoms with van der Waals surface area (Å²) < 4.78 is 20.4. The van der Waals surface area contributed by atoms with Gasteiger partial charge in [-0.25, -0.2) is 0 Å². The quantitative estimate of drug-likeness (QED) is 0.0525. The van der Waals surface area contributed by atoms with Crippen LogP contribution in [0.1, 0.15) is 52.5 Å². The zero-order chi connectivity index (χ0) is 42.9. The van der Waals surface area contributed by atoms with Gasteiger partial charge in [0.25, 0.3) is 8.32 Å². The van der Waals surface area contributed by atoms with Gasteiger partial charge in [-0.1, -0.05) is 111 Å². The molecule has 0 radical (unpaired) electrons. The number of nitrogens with one attached hydrogen (secondary N) is 1. The van der Waals surface area contributed by atoms with Crippen molar-refractivity contribution in [1.82, 2.24) is 0 Å². The van der Waals surface area contributed by atoms with Gasteiger partial charge in [0.1, 0.15) is 0 Å². The van der Waals surface area contributed by atoms with Gasteiger partial charge in [-0.3, -0.25) is 14.5 Å². The van der Waals surface area contributed by atoms with E-state index in [0.29, 0.717) is 37.5 Å². The molecule has 0 spiro atoms. The Morgan fingerprint density at radius 3 is 2.08 bits per heavy atom. The number of rotatable bonds is 13. The first-order chi connectivity index (χ1) is 29.4. The molecule has 8 rings (SSSR count). The number of nitrogens with zero attached hydrogens (tertiary/aromatic N) is 1. The van der Waals surface area contributed by atoms with E-state index in [0.717, 1.165) is 43.6 Å². The third-order valence-electron chi connectivity index (χ3n) is 12.6. The smallest absolute Gasteiger partial charge is 0.261 e. The molecular weight excluding hydrogens is 892 g/mol. The van der Waals surface area contributed by atoms with Crippen molar-refractivity contribution in [3.05, 3.63) is 153 Å². The zero-order valence-electron chi connectivity index (χ0n) is 35.4. The lowest BCUT2D eigenvalue weighted by atomic mass is 9.69. The third-order valence-corrected chi connectivity index (χ3v) is 18.4. The van der Waals surface area contributed by atoms with Crippen molar-refractivity contribution in [3.8, 4) is 11.5 Å². The standard InChI is InChI=1S/C51H53IN2O6Si/c1-33(27-34-28-43(52)48(55)45(29-34)58-5)21-26-44-46-35(31-60-61(51(2,3)4,39-17-11-7-12-18-39)40-19-13-8-14-20-40)30-41-47(42(46)32-59-44)50(57)54(49(41)56)38-24-22-37(23-25-38)53-36-15-9-6-10-16-36/h6-20,22-25,27-29,41-42,44,47,53,55H,21,26,30-32H2,1-5H3/b33-27+/t41-,42+,44-,47-/m1/s1. The number of fused-ring (bicyclic) bond motifs is 3. The number of amides is 2. The molecule has 1 aliphatic carbocycles. The molecule has 5 aromatic carbocycles. The molecule has 2 saturated heterocycles. The summed E-state index contributed by atoms with van der Waals surface area (Å²) in [4.78, 5) is 30.6. The van der Waals surface area contributed by atoms with Crippen LogP contribution in [-0.4, -0.2) is 51.7 Å². The summed E-state index contributed by atoms with van der Waals surface area (Å²) in [5.41, 5.74) is 6.70. The number of halogens is 1. The summed E-state index contributed by atoms with van der Waals surface area (Å²) in [6.07, 6.45) is 3.78. The van der Waals surface area contributed by atoms with Crippen LogP contribution in [0.5, 0.6) is 11.5 Å². The van der Waals surface area contributed by atoms with Crippen molar-refractivity contribution in [2.24, 2.45) is 17.8 Å². The number of hydrogen-bond acceptors (Lipinski definition) is 7. The Kier molecular flexibility index (Phi) is 12.4. The fraction of sp³-hybridized carbons (Fsp3) is 0.294. The second-order valence-electron chi connectivity index (χ2n) is 17.4. The number of para-hydroxylation sites is 1. The fourth-order valence-electron chi connectivity index (χ4n) is 9.75. The number of phenolic OH excluding ortho intramolecular Hbond substituents is 1. The summed E-state index contributed by atoms with van der Waals surface area (Å²) >= 11 is 2.12. The van der Waals surface area contributed by atoms with E-state index >= 15 is 0 Å². The summed E-state index contributed by atoms with van der Waals surface area (Å²) in [6.45, 7) is 9.63. The average Bonchev–Trinajstić information content (AvgIpc) is 3.79. The third kappa shape index (κ3) is 8.35. The van der Waals surface area contributed by atoms with E-state index in [1.165, 1.54) is 15.3 Å². The van der Waals surface area contributed by atoms with Gasteiger partial charge in [0.2, 0.25) is 11.8 Å². The SMILES string of the molecule is COc1cc(/C=C(\C)CC[C@H]2OC[C@H]3C2=C(CO[Si](c2ccccc2)(c2ccccc2)C(C)(C)C)C[C@H]2C(=O)N(c4ccc(Nc5ccccc5)cc4)C(=O)[C@H]23)cc(I)c1O. The first kappa shape index (κ1) is 42.7. The van der Waals surface area contributed by atoms with Gasteiger partial charge in [0.05, 0.1) is 47.5 Å². The van der Waals surface area contributed by atoms with Gasteiger partial charge in [-0.2, -0.15) is 0 Å². The van der Waals surface area contributed by atoms with Gasteiger partial charge in [-0.05, 0) is 129 Å². The molecule has 3 aliphatic rings.